The molecule has 2 aliphatic heterocycles. The Morgan fingerprint density at radius 1 is 0.270 bits per heavy atom. The predicted molar refractivity (Wildman–Crippen MR) is 267 cm³/mol. The summed E-state index contributed by atoms with van der Waals surface area (Å²) < 4.78 is 0. The highest BCUT2D eigenvalue weighted by Crippen LogP contribution is 2.47. The zero-order chi connectivity index (χ0) is 41.7. The van der Waals surface area contributed by atoms with Crippen molar-refractivity contribution < 1.29 is 0 Å². The molecule has 0 radical (unpaired) electrons. The minimum absolute atomic E-state index is 0.0373. The van der Waals surface area contributed by atoms with Gasteiger partial charge >= 0.3 is 0 Å². The SMILES string of the molecule is c1ccc(N(c2ccccc2)c2ccc3c(c2)N(c2ccccc2)c2cccc4c2B3c2ccc(N(c3ccccc3)c3ccccc3)cc2N4c2ccc3ccccc3c2)cc1. The van der Waals surface area contributed by atoms with E-state index < -0.39 is 0 Å². The molecule has 10 aromatic rings. The molecular formula is C58H41BN4. The van der Waals surface area contributed by atoms with Crippen LogP contribution in [0.2, 0.25) is 0 Å². The molecule has 0 saturated carbocycles. The van der Waals surface area contributed by atoms with Crippen molar-refractivity contribution in [2.45, 2.75) is 0 Å². The molecule has 0 N–H and O–H groups in total. The lowest BCUT2D eigenvalue weighted by Gasteiger charge is -2.44. The molecule has 0 aromatic heterocycles. The van der Waals surface area contributed by atoms with Crippen molar-refractivity contribution in [3.05, 3.63) is 249 Å². The van der Waals surface area contributed by atoms with Gasteiger partial charge in [0, 0.05) is 68.2 Å². The quantitative estimate of drug-likeness (QED) is 0.142. The number of hydrogen-bond acceptors (Lipinski definition) is 4. The molecule has 0 fully saturated rings. The van der Waals surface area contributed by atoms with Gasteiger partial charge in [-0.25, -0.2) is 0 Å². The molecule has 0 spiro atoms. The Bertz CT molecular complexity index is 3170. The first kappa shape index (κ1) is 36.6. The van der Waals surface area contributed by atoms with Gasteiger partial charge in [-0.1, -0.05) is 140 Å². The Kier molecular flexibility index (Phi) is 8.89. The van der Waals surface area contributed by atoms with Crippen molar-refractivity contribution in [1.82, 2.24) is 0 Å². The Hall–Kier alpha value is -8.28. The molecule has 0 amide bonds. The predicted octanol–water partition coefficient (Wildman–Crippen LogP) is 13.9. The summed E-state index contributed by atoms with van der Waals surface area (Å²) in [4.78, 5) is 9.71. The van der Waals surface area contributed by atoms with Gasteiger partial charge in [-0.2, -0.15) is 0 Å². The molecule has 0 aliphatic carbocycles. The van der Waals surface area contributed by atoms with E-state index >= 15 is 0 Å². The zero-order valence-corrected chi connectivity index (χ0v) is 34.5. The largest absolute Gasteiger partial charge is 0.311 e. The molecule has 5 heteroatoms. The highest BCUT2D eigenvalue weighted by atomic mass is 15.2. The smallest absolute Gasteiger partial charge is 0.252 e. The van der Waals surface area contributed by atoms with Gasteiger partial charge in [0.1, 0.15) is 0 Å². The third kappa shape index (κ3) is 6.24. The maximum absolute atomic E-state index is 2.50. The third-order valence-electron chi connectivity index (χ3n) is 12.5. The van der Waals surface area contributed by atoms with Crippen LogP contribution in [0.25, 0.3) is 10.8 Å². The second kappa shape index (κ2) is 15.3. The topological polar surface area (TPSA) is 13.0 Å². The van der Waals surface area contributed by atoms with Crippen LogP contribution in [-0.4, -0.2) is 6.71 Å². The lowest BCUT2D eigenvalue weighted by Crippen LogP contribution is -2.61. The second-order valence-corrected chi connectivity index (χ2v) is 16.2. The molecule has 0 atom stereocenters. The van der Waals surface area contributed by atoms with Crippen molar-refractivity contribution in [3.8, 4) is 0 Å². The van der Waals surface area contributed by atoms with E-state index in [1.165, 1.54) is 38.5 Å². The van der Waals surface area contributed by atoms with Crippen LogP contribution >= 0.6 is 0 Å². The lowest BCUT2D eigenvalue weighted by molar-refractivity contribution is 1.23. The number of nitrogens with zero attached hydrogens (tertiary/aromatic N) is 4. The van der Waals surface area contributed by atoms with Gasteiger partial charge in [0.05, 0.1) is 0 Å². The summed E-state index contributed by atoms with van der Waals surface area (Å²) in [6.45, 7) is -0.0373. The third-order valence-corrected chi connectivity index (χ3v) is 12.5. The summed E-state index contributed by atoms with van der Waals surface area (Å²) in [5.74, 6) is 0. The summed E-state index contributed by atoms with van der Waals surface area (Å²) in [6, 6.07) is 90.2. The van der Waals surface area contributed by atoms with Gasteiger partial charge in [-0.15, -0.1) is 0 Å². The van der Waals surface area contributed by atoms with E-state index in [4.69, 9.17) is 0 Å². The fraction of sp³-hybridized carbons (Fsp3) is 0. The summed E-state index contributed by atoms with van der Waals surface area (Å²) in [5, 5.41) is 2.43. The summed E-state index contributed by atoms with van der Waals surface area (Å²) in [5.41, 5.74) is 17.3. The number of para-hydroxylation sites is 5. The Morgan fingerprint density at radius 3 is 1.16 bits per heavy atom. The van der Waals surface area contributed by atoms with Crippen LogP contribution < -0.4 is 36.0 Å². The highest BCUT2D eigenvalue weighted by Gasteiger charge is 2.43. The van der Waals surface area contributed by atoms with Gasteiger partial charge in [0.2, 0.25) is 0 Å². The molecule has 296 valence electrons. The monoisotopic (exact) mass is 804 g/mol. The number of rotatable bonds is 8. The molecular weight excluding hydrogens is 763 g/mol. The average Bonchev–Trinajstić information content (AvgIpc) is 3.35. The number of benzene rings is 10. The standard InChI is InChI=1S/C58H41BN4/c1-6-21-44(22-7-1)60(45-23-8-2-9-24-45)50-35-37-52-56(40-50)62(48-29-14-5-15-30-48)54-31-18-32-55-58(54)59(52)53-38-36-51(61(46-25-10-3-11-26-46)47-27-12-4-13-28-47)41-57(53)63(55)49-34-33-42-19-16-17-20-43(42)39-49/h1-41H. The molecule has 12 rings (SSSR count). The van der Waals surface area contributed by atoms with E-state index in [1.54, 1.807) is 0 Å². The maximum Gasteiger partial charge on any atom is 0.252 e. The van der Waals surface area contributed by atoms with Gasteiger partial charge in [0.25, 0.3) is 6.71 Å². The second-order valence-electron chi connectivity index (χ2n) is 16.2. The molecule has 0 unspecified atom stereocenters. The number of fused-ring (bicyclic) bond motifs is 5. The lowest BCUT2D eigenvalue weighted by atomic mass is 9.33. The van der Waals surface area contributed by atoms with Crippen molar-refractivity contribution in [2.75, 3.05) is 19.6 Å². The maximum atomic E-state index is 2.50. The van der Waals surface area contributed by atoms with Gasteiger partial charge in [-0.3, -0.25) is 0 Å². The van der Waals surface area contributed by atoms with Gasteiger partial charge in [-0.05, 0) is 136 Å². The first-order chi connectivity index (χ1) is 31.3. The first-order valence-electron chi connectivity index (χ1n) is 21.6. The molecule has 2 heterocycles. The normalized spacial score (nSPS) is 12.3. The molecule has 2 aliphatic rings. The minimum Gasteiger partial charge on any atom is -0.311 e. The summed E-state index contributed by atoms with van der Waals surface area (Å²) in [7, 11) is 0. The Balaban J connectivity index is 1.12. The number of hydrogen-bond donors (Lipinski definition) is 0. The fourth-order valence-corrected chi connectivity index (χ4v) is 9.83. The van der Waals surface area contributed by atoms with Crippen LogP contribution in [-0.2, 0) is 0 Å². The molecule has 0 bridgehead atoms. The van der Waals surface area contributed by atoms with Crippen LogP contribution in [0.3, 0.4) is 0 Å². The summed E-state index contributed by atoms with van der Waals surface area (Å²) in [6.07, 6.45) is 0. The Morgan fingerprint density at radius 2 is 0.683 bits per heavy atom. The van der Waals surface area contributed by atoms with Crippen molar-refractivity contribution in [2.24, 2.45) is 0 Å². The van der Waals surface area contributed by atoms with Gasteiger partial charge in [0.15, 0.2) is 0 Å². The van der Waals surface area contributed by atoms with Crippen LogP contribution in [0.4, 0.5) is 68.2 Å². The number of anilines is 12. The van der Waals surface area contributed by atoms with Crippen molar-refractivity contribution >= 4 is 102 Å². The first-order valence-corrected chi connectivity index (χ1v) is 21.6. The van der Waals surface area contributed by atoms with E-state index in [9.17, 15) is 0 Å². The summed E-state index contributed by atoms with van der Waals surface area (Å²) >= 11 is 0. The van der Waals surface area contributed by atoms with Crippen molar-refractivity contribution in [1.29, 1.82) is 0 Å². The Labute approximate surface area is 368 Å². The fourth-order valence-electron chi connectivity index (χ4n) is 9.83. The van der Waals surface area contributed by atoms with E-state index in [0.29, 0.717) is 0 Å². The zero-order valence-electron chi connectivity index (χ0n) is 34.5. The van der Waals surface area contributed by atoms with Crippen molar-refractivity contribution in [3.63, 3.8) is 0 Å². The van der Waals surface area contributed by atoms with Crippen LogP contribution in [0.1, 0.15) is 0 Å². The van der Waals surface area contributed by atoms with E-state index in [-0.39, 0.29) is 6.71 Å². The van der Waals surface area contributed by atoms with Gasteiger partial charge < -0.3 is 19.6 Å². The average molecular weight is 805 g/mol. The van der Waals surface area contributed by atoms with Crippen LogP contribution in [0.5, 0.6) is 0 Å². The molecule has 10 aromatic carbocycles. The molecule has 4 nitrogen and oxygen atoms in total. The van der Waals surface area contributed by atoms with Crippen LogP contribution in [0.15, 0.2) is 249 Å². The van der Waals surface area contributed by atoms with E-state index in [0.717, 1.165) is 56.9 Å². The minimum atomic E-state index is -0.0373. The van der Waals surface area contributed by atoms with Crippen LogP contribution in [0, 0.1) is 0 Å². The van der Waals surface area contributed by atoms with E-state index in [1.807, 2.05) is 0 Å². The highest BCUT2D eigenvalue weighted by molar-refractivity contribution is 7.00. The molecule has 0 saturated heterocycles. The molecule has 63 heavy (non-hydrogen) atoms. The van der Waals surface area contributed by atoms with E-state index in [2.05, 4.69) is 268 Å².